The van der Waals surface area contributed by atoms with Gasteiger partial charge in [-0.15, -0.1) is 10.2 Å². The molecule has 0 unspecified atom stereocenters. The Labute approximate surface area is 200 Å². The number of anilines is 2. The van der Waals surface area contributed by atoms with Gasteiger partial charge in [-0.25, -0.2) is 0 Å². The van der Waals surface area contributed by atoms with Crippen LogP contribution in [0.15, 0.2) is 47.6 Å². The van der Waals surface area contributed by atoms with Gasteiger partial charge in [-0.3, -0.25) is 14.5 Å². The molecule has 0 saturated carbocycles. The van der Waals surface area contributed by atoms with Gasteiger partial charge in [0.25, 0.3) is 5.91 Å². The summed E-state index contributed by atoms with van der Waals surface area (Å²) in [4.78, 5) is 26.8. The van der Waals surface area contributed by atoms with Gasteiger partial charge >= 0.3 is 0 Å². The van der Waals surface area contributed by atoms with Crippen LogP contribution in [-0.2, 0) is 16.6 Å². The smallest absolute Gasteiger partial charge is 0.265 e. The summed E-state index contributed by atoms with van der Waals surface area (Å²) in [7, 11) is 1.82. The predicted molar refractivity (Wildman–Crippen MR) is 126 cm³/mol. The molecule has 3 heterocycles. The lowest BCUT2D eigenvalue weighted by molar-refractivity contribution is -0.121. The van der Waals surface area contributed by atoms with E-state index in [1.165, 1.54) is 11.8 Å². The molecule has 5 rings (SSSR count). The number of thioether (sulfide) groups is 1. The molecule has 1 N–H and O–H groups in total. The highest BCUT2D eigenvalue weighted by Gasteiger charge is 2.32. The third kappa shape index (κ3) is 4.26. The van der Waals surface area contributed by atoms with Gasteiger partial charge in [0, 0.05) is 18.8 Å². The van der Waals surface area contributed by atoms with Gasteiger partial charge < -0.3 is 24.1 Å². The number of aromatic nitrogens is 3. The van der Waals surface area contributed by atoms with E-state index in [2.05, 4.69) is 15.5 Å². The monoisotopic (exact) mass is 481 g/mol. The number of carbonyl (C=O) groups is 2. The molecule has 2 aromatic carbocycles. The lowest BCUT2D eigenvalue weighted by Crippen LogP contribution is -2.41. The van der Waals surface area contributed by atoms with Crippen molar-refractivity contribution in [1.82, 2.24) is 14.8 Å². The number of amides is 2. The van der Waals surface area contributed by atoms with Gasteiger partial charge in [-0.1, -0.05) is 23.9 Å². The molecule has 11 heteroatoms. The fourth-order valence-electron chi connectivity index (χ4n) is 3.93. The van der Waals surface area contributed by atoms with E-state index in [0.717, 1.165) is 0 Å². The lowest BCUT2D eigenvalue weighted by atomic mass is 10.1. The third-order valence-corrected chi connectivity index (χ3v) is 6.55. The molecule has 34 heavy (non-hydrogen) atoms. The van der Waals surface area contributed by atoms with Gasteiger partial charge in [0.1, 0.15) is 19.0 Å². The van der Waals surface area contributed by atoms with Crippen LogP contribution >= 0.6 is 11.8 Å². The van der Waals surface area contributed by atoms with Gasteiger partial charge in [0.2, 0.25) is 5.91 Å². The maximum atomic E-state index is 12.6. The fourth-order valence-corrected chi connectivity index (χ4v) is 4.64. The van der Waals surface area contributed by atoms with Crippen LogP contribution in [0.4, 0.5) is 11.4 Å². The first-order chi connectivity index (χ1) is 16.5. The topological polar surface area (TPSA) is 108 Å². The molecule has 2 amide bonds. The van der Waals surface area contributed by atoms with Gasteiger partial charge in [-0.05, 0) is 31.2 Å². The Kier molecular flexibility index (Phi) is 6.01. The van der Waals surface area contributed by atoms with Crippen LogP contribution in [0.1, 0.15) is 18.8 Å². The SMILES string of the molecule is C[C@@H](c1nnc(SCC(=O)Nc2ccc3c(c2)OCCO3)n1C)N1C(=O)COc2ccccc21. The molecule has 1 aromatic heterocycles. The van der Waals surface area contributed by atoms with E-state index >= 15 is 0 Å². The summed E-state index contributed by atoms with van der Waals surface area (Å²) in [6.45, 7) is 2.86. The lowest BCUT2D eigenvalue weighted by Gasteiger charge is -2.33. The Morgan fingerprint density at radius 3 is 2.74 bits per heavy atom. The average molecular weight is 482 g/mol. The second kappa shape index (κ2) is 9.26. The Bertz CT molecular complexity index is 1250. The number of nitrogens with one attached hydrogen (secondary N) is 1. The summed E-state index contributed by atoms with van der Waals surface area (Å²) in [5, 5.41) is 12.0. The molecule has 0 radical (unpaired) electrons. The Morgan fingerprint density at radius 1 is 1.09 bits per heavy atom. The maximum Gasteiger partial charge on any atom is 0.265 e. The van der Waals surface area contributed by atoms with E-state index in [0.29, 0.717) is 52.8 Å². The Balaban J connectivity index is 1.25. The zero-order chi connectivity index (χ0) is 23.7. The molecule has 10 nitrogen and oxygen atoms in total. The van der Waals surface area contributed by atoms with Crippen molar-refractivity contribution in [2.75, 3.05) is 35.8 Å². The van der Waals surface area contributed by atoms with Gasteiger partial charge in [0.15, 0.2) is 29.1 Å². The maximum absolute atomic E-state index is 12.6. The van der Waals surface area contributed by atoms with Crippen molar-refractivity contribution >= 4 is 35.0 Å². The molecule has 0 aliphatic carbocycles. The van der Waals surface area contributed by atoms with Crippen LogP contribution in [0, 0.1) is 0 Å². The number of hydrogen-bond donors (Lipinski definition) is 1. The van der Waals surface area contributed by atoms with Crippen LogP contribution in [0.5, 0.6) is 17.2 Å². The van der Waals surface area contributed by atoms with Crippen LogP contribution < -0.4 is 24.4 Å². The highest BCUT2D eigenvalue weighted by molar-refractivity contribution is 7.99. The van der Waals surface area contributed by atoms with Gasteiger partial charge in [0.05, 0.1) is 17.5 Å². The summed E-state index contributed by atoms with van der Waals surface area (Å²) in [5.41, 5.74) is 1.33. The molecule has 0 saturated heterocycles. The number of nitrogens with zero attached hydrogens (tertiary/aromatic N) is 4. The largest absolute Gasteiger partial charge is 0.486 e. The van der Waals surface area contributed by atoms with E-state index in [1.807, 2.05) is 38.2 Å². The standard InChI is InChI=1S/C23H23N5O5S/c1-14(28-16-5-3-4-6-17(16)33-12-21(28)30)22-25-26-23(27(22)2)34-13-20(29)24-15-7-8-18-19(11-15)32-10-9-31-18/h3-8,11,14H,9-10,12-13H2,1-2H3,(H,24,29)/t14-/m0/s1. The quantitative estimate of drug-likeness (QED) is 0.536. The number of ether oxygens (including phenoxy) is 3. The summed E-state index contributed by atoms with van der Waals surface area (Å²) in [5.74, 6) is 2.36. The van der Waals surface area contributed by atoms with Crippen molar-refractivity contribution in [2.45, 2.75) is 18.1 Å². The van der Waals surface area contributed by atoms with Crippen molar-refractivity contribution in [3.8, 4) is 17.2 Å². The van der Waals surface area contributed by atoms with E-state index in [1.54, 1.807) is 27.7 Å². The summed E-state index contributed by atoms with van der Waals surface area (Å²) in [6, 6.07) is 12.3. The van der Waals surface area contributed by atoms with E-state index < -0.39 is 0 Å². The molecule has 3 aromatic rings. The van der Waals surface area contributed by atoms with Crippen molar-refractivity contribution in [1.29, 1.82) is 0 Å². The molecule has 1 atom stereocenters. The summed E-state index contributed by atoms with van der Waals surface area (Å²) < 4.78 is 18.4. The van der Waals surface area contributed by atoms with E-state index in [4.69, 9.17) is 14.2 Å². The van der Waals surface area contributed by atoms with Crippen LogP contribution in [0.25, 0.3) is 0 Å². The zero-order valence-corrected chi connectivity index (χ0v) is 19.5. The summed E-state index contributed by atoms with van der Waals surface area (Å²) in [6.07, 6.45) is 0. The second-order valence-corrected chi connectivity index (χ2v) is 8.73. The molecule has 0 fully saturated rings. The van der Waals surface area contributed by atoms with E-state index in [-0.39, 0.29) is 30.2 Å². The number of hydrogen-bond acceptors (Lipinski definition) is 8. The second-order valence-electron chi connectivity index (χ2n) is 7.79. The van der Waals surface area contributed by atoms with Crippen molar-refractivity contribution < 1.29 is 23.8 Å². The van der Waals surface area contributed by atoms with Crippen LogP contribution in [-0.4, -0.2) is 52.2 Å². The number of rotatable bonds is 6. The van der Waals surface area contributed by atoms with Crippen molar-refractivity contribution in [3.05, 3.63) is 48.3 Å². The highest BCUT2D eigenvalue weighted by Crippen LogP contribution is 2.37. The molecule has 176 valence electrons. The minimum atomic E-state index is -0.365. The van der Waals surface area contributed by atoms with Crippen molar-refractivity contribution in [3.63, 3.8) is 0 Å². The number of para-hydroxylation sites is 2. The average Bonchev–Trinajstić information content (AvgIpc) is 3.22. The van der Waals surface area contributed by atoms with Crippen molar-refractivity contribution in [2.24, 2.45) is 7.05 Å². The molecular formula is C23H23N5O5S. The first kappa shape index (κ1) is 22.1. The first-order valence-electron chi connectivity index (χ1n) is 10.8. The van der Waals surface area contributed by atoms with Crippen LogP contribution in [0.2, 0.25) is 0 Å². The molecule has 2 aliphatic rings. The number of carbonyl (C=O) groups excluding carboxylic acids is 2. The van der Waals surface area contributed by atoms with E-state index in [9.17, 15) is 9.59 Å². The number of fused-ring (bicyclic) bond motifs is 2. The number of benzene rings is 2. The molecule has 0 bridgehead atoms. The third-order valence-electron chi connectivity index (χ3n) is 5.53. The normalized spacial score (nSPS) is 15.4. The summed E-state index contributed by atoms with van der Waals surface area (Å²) >= 11 is 1.27. The predicted octanol–water partition coefficient (Wildman–Crippen LogP) is 2.80. The Morgan fingerprint density at radius 2 is 1.88 bits per heavy atom. The zero-order valence-electron chi connectivity index (χ0n) is 18.7. The first-order valence-corrected chi connectivity index (χ1v) is 11.8. The Hall–Kier alpha value is -3.73. The molecule has 2 aliphatic heterocycles. The van der Waals surface area contributed by atoms with Gasteiger partial charge in [-0.2, -0.15) is 0 Å². The van der Waals surface area contributed by atoms with Crippen LogP contribution in [0.3, 0.4) is 0 Å². The molecular weight excluding hydrogens is 458 g/mol. The minimum absolute atomic E-state index is 0.0269. The highest BCUT2D eigenvalue weighted by atomic mass is 32.2. The minimum Gasteiger partial charge on any atom is -0.486 e. The fraction of sp³-hybridized carbons (Fsp3) is 0.304. The molecule has 0 spiro atoms.